The van der Waals surface area contributed by atoms with Crippen LogP contribution in [0.1, 0.15) is 31.9 Å². The van der Waals surface area contributed by atoms with Crippen LogP contribution in [0.2, 0.25) is 5.02 Å². The number of aliphatic carboxylic acids is 1. The van der Waals surface area contributed by atoms with Crippen LogP contribution in [-0.2, 0) is 17.8 Å². The summed E-state index contributed by atoms with van der Waals surface area (Å²) in [5.41, 5.74) is 4.44. The smallest absolute Gasteiger partial charge is 0.317 e. The number of ether oxygens (including phenoxy) is 1. The number of rotatable bonds is 9. The van der Waals surface area contributed by atoms with E-state index in [0.717, 1.165) is 33.0 Å². The van der Waals surface area contributed by atoms with Gasteiger partial charge in [0.1, 0.15) is 10.8 Å². The maximum Gasteiger partial charge on any atom is 0.317 e. The van der Waals surface area contributed by atoms with Crippen molar-refractivity contribution < 1.29 is 14.6 Å². The minimum atomic E-state index is -0.827. The Bertz CT molecular complexity index is 1060. The number of likely N-dealkylation sites (N-methyl/N-ethyl adjacent to an activating group) is 1. The average molecular weight is 459 g/mol. The first kappa shape index (κ1) is 23.3. The molecule has 164 valence electrons. The number of carbonyl (C=O) groups is 1. The Morgan fingerprint density at radius 3 is 2.71 bits per heavy atom. The highest BCUT2D eigenvalue weighted by molar-refractivity contribution is 7.18. The summed E-state index contributed by atoms with van der Waals surface area (Å²) >= 11 is 8.02. The standard InChI is InChI=1S/C24H27ClN2O3S/c1-5-18-17(13-27(4)14-23(28)29)7-6-8-19(18)22-12-26-24(31-22)16-9-10-21(20(25)11-16)30-15(2)3/h6-12,15H,5,13-14H2,1-4H3,(H,28,29). The zero-order valence-corrected chi connectivity index (χ0v) is 19.8. The molecular formula is C24H27ClN2O3S. The Morgan fingerprint density at radius 1 is 1.29 bits per heavy atom. The molecule has 0 aliphatic rings. The first-order valence-corrected chi connectivity index (χ1v) is 11.4. The fraction of sp³-hybridized carbons (Fsp3) is 0.333. The first-order chi connectivity index (χ1) is 14.8. The van der Waals surface area contributed by atoms with Gasteiger partial charge >= 0.3 is 5.97 Å². The molecule has 1 aromatic heterocycles. The van der Waals surface area contributed by atoms with E-state index in [1.165, 1.54) is 5.56 Å². The lowest BCUT2D eigenvalue weighted by Crippen LogP contribution is -2.25. The van der Waals surface area contributed by atoms with Gasteiger partial charge < -0.3 is 9.84 Å². The predicted molar refractivity (Wildman–Crippen MR) is 127 cm³/mol. The third-order valence-corrected chi connectivity index (χ3v) is 6.16. The van der Waals surface area contributed by atoms with Crippen molar-refractivity contribution in [2.45, 2.75) is 39.8 Å². The van der Waals surface area contributed by atoms with Crippen LogP contribution < -0.4 is 4.74 Å². The normalized spacial score (nSPS) is 11.3. The molecular weight excluding hydrogens is 432 g/mol. The summed E-state index contributed by atoms with van der Waals surface area (Å²) < 4.78 is 5.72. The largest absolute Gasteiger partial charge is 0.489 e. The molecule has 2 aromatic carbocycles. The van der Waals surface area contributed by atoms with E-state index in [-0.39, 0.29) is 12.6 Å². The Labute approximate surface area is 192 Å². The lowest BCUT2D eigenvalue weighted by atomic mass is 9.97. The van der Waals surface area contributed by atoms with Gasteiger partial charge in [-0.3, -0.25) is 9.69 Å². The molecule has 0 aliphatic carbocycles. The monoisotopic (exact) mass is 458 g/mol. The van der Waals surface area contributed by atoms with Gasteiger partial charge in [0.05, 0.1) is 22.5 Å². The number of thiazole rings is 1. The molecule has 0 bridgehead atoms. The zero-order valence-electron chi connectivity index (χ0n) is 18.2. The van der Waals surface area contributed by atoms with Crippen LogP contribution in [-0.4, -0.2) is 40.7 Å². The summed E-state index contributed by atoms with van der Waals surface area (Å²) in [5, 5.41) is 10.5. The van der Waals surface area contributed by atoms with Crippen LogP contribution in [0.5, 0.6) is 5.75 Å². The van der Waals surface area contributed by atoms with Crippen molar-refractivity contribution >= 4 is 28.9 Å². The molecule has 7 heteroatoms. The van der Waals surface area contributed by atoms with E-state index in [0.29, 0.717) is 17.3 Å². The fourth-order valence-corrected chi connectivity index (χ4v) is 4.71. The van der Waals surface area contributed by atoms with Gasteiger partial charge in [-0.05, 0) is 62.2 Å². The molecule has 0 amide bonds. The first-order valence-electron chi connectivity index (χ1n) is 10.2. The molecule has 0 saturated carbocycles. The highest BCUT2D eigenvalue weighted by Gasteiger charge is 2.15. The minimum Gasteiger partial charge on any atom is -0.489 e. The summed E-state index contributed by atoms with van der Waals surface area (Å²) in [6.45, 7) is 6.65. The van der Waals surface area contributed by atoms with E-state index in [4.69, 9.17) is 21.4 Å². The number of carboxylic acid groups (broad SMARTS) is 1. The maximum atomic E-state index is 11.0. The Kier molecular flexibility index (Phi) is 7.70. The number of nitrogens with zero attached hydrogens (tertiary/aromatic N) is 2. The lowest BCUT2D eigenvalue weighted by molar-refractivity contribution is -0.138. The molecule has 0 saturated heterocycles. The second-order valence-corrected chi connectivity index (χ2v) is 9.14. The van der Waals surface area contributed by atoms with E-state index < -0.39 is 5.97 Å². The second kappa shape index (κ2) is 10.3. The van der Waals surface area contributed by atoms with E-state index in [1.54, 1.807) is 11.3 Å². The van der Waals surface area contributed by atoms with Crippen molar-refractivity contribution in [3.05, 3.63) is 58.7 Å². The van der Waals surface area contributed by atoms with Crippen molar-refractivity contribution in [1.29, 1.82) is 0 Å². The summed E-state index contributed by atoms with van der Waals surface area (Å²) in [6.07, 6.45) is 2.81. The van der Waals surface area contributed by atoms with Crippen molar-refractivity contribution in [1.82, 2.24) is 9.88 Å². The quantitative estimate of drug-likeness (QED) is 0.426. The molecule has 0 unspecified atom stereocenters. The SMILES string of the molecule is CCc1c(CN(C)CC(=O)O)cccc1-c1cnc(-c2ccc(OC(C)C)c(Cl)c2)s1. The summed E-state index contributed by atoms with van der Waals surface area (Å²) in [7, 11) is 1.82. The van der Waals surface area contributed by atoms with E-state index >= 15 is 0 Å². The van der Waals surface area contributed by atoms with Gasteiger partial charge in [0.25, 0.3) is 0 Å². The van der Waals surface area contributed by atoms with Gasteiger partial charge in [0, 0.05) is 18.3 Å². The Morgan fingerprint density at radius 2 is 2.06 bits per heavy atom. The Hall–Kier alpha value is -2.41. The highest BCUT2D eigenvalue weighted by Crippen LogP contribution is 2.37. The summed E-state index contributed by atoms with van der Waals surface area (Å²) in [6, 6.07) is 11.9. The van der Waals surface area contributed by atoms with Gasteiger partial charge in [-0.1, -0.05) is 36.7 Å². The van der Waals surface area contributed by atoms with Crippen LogP contribution in [0.3, 0.4) is 0 Å². The van der Waals surface area contributed by atoms with Crippen LogP contribution in [0.25, 0.3) is 21.0 Å². The second-order valence-electron chi connectivity index (χ2n) is 7.70. The van der Waals surface area contributed by atoms with Crippen LogP contribution in [0.15, 0.2) is 42.6 Å². The van der Waals surface area contributed by atoms with Crippen LogP contribution >= 0.6 is 22.9 Å². The molecule has 3 rings (SSSR count). The van der Waals surface area contributed by atoms with Crippen LogP contribution in [0, 0.1) is 0 Å². The van der Waals surface area contributed by atoms with E-state index in [1.807, 2.05) is 56.3 Å². The van der Waals surface area contributed by atoms with Gasteiger partial charge in [0.2, 0.25) is 0 Å². The number of aromatic nitrogens is 1. The van der Waals surface area contributed by atoms with Gasteiger partial charge in [-0.15, -0.1) is 11.3 Å². The maximum absolute atomic E-state index is 11.0. The van der Waals surface area contributed by atoms with E-state index in [2.05, 4.69) is 24.0 Å². The number of hydrogen-bond acceptors (Lipinski definition) is 5. The molecule has 1 N–H and O–H groups in total. The molecule has 5 nitrogen and oxygen atoms in total. The molecule has 3 aromatic rings. The van der Waals surface area contributed by atoms with Crippen molar-refractivity contribution in [3.63, 3.8) is 0 Å². The van der Waals surface area contributed by atoms with Gasteiger partial charge in [-0.25, -0.2) is 4.98 Å². The Balaban J connectivity index is 1.89. The number of carboxylic acids is 1. The van der Waals surface area contributed by atoms with Crippen LogP contribution in [0.4, 0.5) is 0 Å². The minimum absolute atomic E-state index is 0.00929. The fourth-order valence-electron chi connectivity index (χ4n) is 3.52. The van der Waals surface area contributed by atoms with Crippen molar-refractivity contribution in [3.8, 4) is 26.8 Å². The average Bonchev–Trinajstić information content (AvgIpc) is 3.18. The molecule has 0 fully saturated rings. The van der Waals surface area contributed by atoms with Gasteiger partial charge in [0.15, 0.2) is 0 Å². The predicted octanol–water partition coefficient (Wildman–Crippen LogP) is 6.00. The molecule has 0 aliphatic heterocycles. The molecule has 0 atom stereocenters. The zero-order chi connectivity index (χ0) is 22.5. The molecule has 0 spiro atoms. The summed E-state index contributed by atoms with van der Waals surface area (Å²) in [5.74, 6) is -0.157. The third kappa shape index (κ3) is 5.85. The number of benzene rings is 2. The molecule has 0 radical (unpaired) electrons. The topological polar surface area (TPSA) is 62.7 Å². The van der Waals surface area contributed by atoms with Crippen molar-refractivity contribution in [2.75, 3.05) is 13.6 Å². The third-order valence-electron chi connectivity index (χ3n) is 4.78. The van der Waals surface area contributed by atoms with Crippen molar-refractivity contribution in [2.24, 2.45) is 0 Å². The number of hydrogen-bond donors (Lipinski definition) is 1. The van der Waals surface area contributed by atoms with E-state index in [9.17, 15) is 4.79 Å². The number of halogens is 1. The molecule has 31 heavy (non-hydrogen) atoms. The molecule has 1 heterocycles. The summed E-state index contributed by atoms with van der Waals surface area (Å²) in [4.78, 5) is 18.5. The lowest BCUT2D eigenvalue weighted by Gasteiger charge is -2.18. The van der Waals surface area contributed by atoms with Gasteiger partial charge in [-0.2, -0.15) is 0 Å². The highest BCUT2D eigenvalue weighted by atomic mass is 35.5.